The molecule has 0 saturated heterocycles. The number of nitrogens with one attached hydrogen (secondary N) is 1. The average Bonchev–Trinajstić information content (AvgIpc) is 2.45. The Morgan fingerprint density at radius 1 is 1.14 bits per heavy atom. The van der Waals surface area contributed by atoms with E-state index in [0.717, 1.165) is 18.7 Å². The van der Waals surface area contributed by atoms with Gasteiger partial charge in [0.15, 0.2) is 0 Å². The second kappa shape index (κ2) is 7.60. The van der Waals surface area contributed by atoms with Gasteiger partial charge >= 0.3 is 0 Å². The Balaban J connectivity index is 2.60. The molecule has 0 aliphatic rings. The second-order valence-corrected chi connectivity index (χ2v) is 6.61. The predicted octanol–water partition coefficient (Wildman–Crippen LogP) is 3.44. The summed E-state index contributed by atoms with van der Waals surface area (Å²) in [6.07, 6.45) is 0. The van der Waals surface area contributed by atoms with Crippen molar-refractivity contribution in [2.45, 2.75) is 53.0 Å². The number of rotatable bonds is 6. The van der Waals surface area contributed by atoms with Crippen molar-refractivity contribution in [1.29, 1.82) is 0 Å². The number of likely N-dealkylation sites (N-methyl/N-ethyl adjacent to an activating group) is 1. The van der Waals surface area contributed by atoms with Crippen LogP contribution in [-0.2, 0) is 5.41 Å². The minimum Gasteiger partial charge on any atom is -0.350 e. The van der Waals surface area contributed by atoms with Crippen molar-refractivity contribution in [3.8, 4) is 0 Å². The van der Waals surface area contributed by atoms with Gasteiger partial charge in [-0.3, -0.25) is 9.69 Å². The van der Waals surface area contributed by atoms with Crippen LogP contribution in [-0.4, -0.2) is 36.5 Å². The minimum absolute atomic E-state index is 0.00876. The molecule has 1 aromatic carbocycles. The summed E-state index contributed by atoms with van der Waals surface area (Å²) in [5.41, 5.74) is 2.09. The summed E-state index contributed by atoms with van der Waals surface area (Å²) in [6, 6.07) is 8.28. The molecule has 1 atom stereocenters. The van der Waals surface area contributed by atoms with Crippen LogP contribution >= 0.6 is 0 Å². The van der Waals surface area contributed by atoms with E-state index in [1.807, 2.05) is 24.3 Å². The van der Waals surface area contributed by atoms with Gasteiger partial charge in [0.1, 0.15) is 0 Å². The molecule has 0 aliphatic carbocycles. The lowest BCUT2D eigenvalue weighted by atomic mass is 9.87. The van der Waals surface area contributed by atoms with E-state index in [2.05, 4.69) is 51.8 Å². The van der Waals surface area contributed by atoms with E-state index >= 15 is 0 Å². The summed E-state index contributed by atoms with van der Waals surface area (Å²) < 4.78 is 0. The number of carbonyl (C=O) groups is 1. The molecule has 1 aromatic rings. The Bertz CT molecular complexity index is 441. The van der Waals surface area contributed by atoms with Gasteiger partial charge in [-0.2, -0.15) is 0 Å². The molecule has 1 rings (SSSR count). The Morgan fingerprint density at radius 3 is 2.10 bits per heavy atom. The lowest BCUT2D eigenvalue weighted by Crippen LogP contribution is -2.42. The van der Waals surface area contributed by atoms with Gasteiger partial charge in [0.25, 0.3) is 5.91 Å². The van der Waals surface area contributed by atoms with Crippen LogP contribution in [0.5, 0.6) is 0 Å². The number of benzene rings is 1. The van der Waals surface area contributed by atoms with Crippen LogP contribution in [0.1, 0.15) is 57.5 Å². The van der Waals surface area contributed by atoms with E-state index < -0.39 is 0 Å². The standard InChI is InChI=1S/C18H30N2O/c1-7-20(8-2)14(3)13-19-17(21)15-9-11-16(12-10-15)18(4,5)6/h9-12,14H,7-8,13H2,1-6H3,(H,19,21). The van der Waals surface area contributed by atoms with Crippen molar-refractivity contribution in [3.05, 3.63) is 35.4 Å². The highest BCUT2D eigenvalue weighted by Gasteiger charge is 2.15. The molecule has 0 fully saturated rings. The zero-order valence-electron chi connectivity index (χ0n) is 14.4. The number of amides is 1. The first-order chi connectivity index (χ1) is 9.79. The first-order valence-electron chi connectivity index (χ1n) is 7.92. The summed E-state index contributed by atoms with van der Waals surface area (Å²) in [7, 11) is 0. The molecule has 0 heterocycles. The summed E-state index contributed by atoms with van der Waals surface area (Å²) in [5.74, 6) is 0.00876. The first-order valence-corrected chi connectivity index (χ1v) is 7.92. The highest BCUT2D eigenvalue weighted by molar-refractivity contribution is 5.94. The maximum atomic E-state index is 12.2. The smallest absolute Gasteiger partial charge is 0.251 e. The number of hydrogen-bond donors (Lipinski definition) is 1. The zero-order valence-corrected chi connectivity index (χ0v) is 14.4. The number of hydrogen-bond acceptors (Lipinski definition) is 2. The molecular formula is C18H30N2O. The fourth-order valence-electron chi connectivity index (χ4n) is 2.44. The maximum Gasteiger partial charge on any atom is 0.251 e. The molecule has 0 aliphatic heterocycles. The Morgan fingerprint density at radius 2 is 1.67 bits per heavy atom. The molecule has 0 spiro atoms. The first kappa shape index (κ1) is 17.7. The fourth-order valence-corrected chi connectivity index (χ4v) is 2.44. The number of nitrogens with zero attached hydrogens (tertiary/aromatic N) is 1. The molecule has 1 unspecified atom stereocenters. The lowest BCUT2D eigenvalue weighted by molar-refractivity contribution is 0.0938. The Labute approximate surface area is 129 Å². The van der Waals surface area contributed by atoms with Gasteiger partial charge in [0.2, 0.25) is 0 Å². The van der Waals surface area contributed by atoms with Gasteiger partial charge in [0.05, 0.1) is 0 Å². The Kier molecular flexibility index (Phi) is 6.41. The predicted molar refractivity (Wildman–Crippen MR) is 89.9 cm³/mol. The molecule has 0 saturated carbocycles. The fraction of sp³-hybridized carbons (Fsp3) is 0.611. The molecule has 3 heteroatoms. The van der Waals surface area contributed by atoms with Crippen LogP contribution in [0.15, 0.2) is 24.3 Å². The molecule has 3 nitrogen and oxygen atoms in total. The quantitative estimate of drug-likeness (QED) is 0.870. The summed E-state index contributed by atoms with van der Waals surface area (Å²) in [6.45, 7) is 15.7. The van der Waals surface area contributed by atoms with E-state index in [4.69, 9.17) is 0 Å². The molecule has 21 heavy (non-hydrogen) atoms. The van der Waals surface area contributed by atoms with Crippen LogP contribution in [0.25, 0.3) is 0 Å². The normalized spacial score (nSPS) is 13.3. The maximum absolute atomic E-state index is 12.2. The average molecular weight is 290 g/mol. The molecule has 118 valence electrons. The van der Waals surface area contributed by atoms with Crippen molar-refractivity contribution in [3.63, 3.8) is 0 Å². The molecule has 1 amide bonds. The minimum atomic E-state index is 0.00876. The molecule has 0 bridgehead atoms. The molecular weight excluding hydrogens is 260 g/mol. The van der Waals surface area contributed by atoms with Crippen LogP contribution in [0.3, 0.4) is 0 Å². The highest BCUT2D eigenvalue weighted by atomic mass is 16.1. The van der Waals surface area contributed by atoms with Crippen LogP contribution in [0, 0.1) is 0 Å². The van der Waals surface area contributed by atoms with Gasteiger partial charge in [-0.1, -0.05) is 46.8 Å². The van der Waals surface area contributed by atoms with E-state index in [9.17, 15) is 4.79 Å². The summed E-state index contributed by atoms with van der Waals surface area (Å²) in [5, 5.41) is 3.03. The Hall–Kier alpha value is -1.35. The van der Waals surface area contributed by atoms with Gasteiger partial charge in [-0.05, 0) is 43.1 Å². The van der Waals surface area contributed by atoms with E-state index in [1.165, 1.54) is 5.56 Å². The van der Waals surface area contributed by atoms with Crippen LogP contribution in [0.4, 0.5) is 0 Å². The van der Waals surface area contributed by atoms with Crippen molar-refractivity contribution < 1.29 is 4.79 Å². The second-order valence-electron chi connectivity index (χ2n) is 6.61. The SMILES string of the molecule is CCN(CC)C(C)CNC(=O)c1ccc(C(C)(C)C)cc1. The zero-order chi connectivity index (χ0) is 16.0. The molecule has 0 radical (unpaired) electrons. The van der Waals surface area contributed by atoms with Crippen molar-refractivity contribution >= 4 is 5.91 Å². The lowest BCUT2D eigenvalue weighted by Gasteiger charge is -2.26. The third-order valence-corrected chi connectivity index (χ3v) is 4.01. The van der Waals surface area contributed by atoms with Gasteiger partial charge < -0.3 is 5.32 Å². The third kappa shape index (κ3) is 5.16. The van der Waals surface area contributed by atoms with E-state index in [1.54, 1.807) is 0 Å². The summed E-state index contributed by atoms with van der Waals surface area (Å²) >= 11 is 0. The van der Waals surface area contributed by atoms with Crippen molar-refractivity contribution in [2.24, 2.45) is 0 Å². The third-order valence-electron chi connectivity index (χ3n) is 4.01. The van der Waals surface area contributed by atoms with E-state index in [-0.39, 0.29) is 11.3 Å². The van der Waals surface area contributed by atoms with Crippen molar-refractivity contribution in [1.82, 2.24) is 10.2 Å². The molecule has 0 aromatic heterocycles. The van der Waals surface area contributed by atoms with Gasteiger partial charge in [0, 0.05) is 18.2 Å². The van der Waals surface area contributed by atoms with Crippen LogP contribution < -0.4 is 5.32 Å². The largest absolute Gasteiger partial charge is 0.350 e. The van der Waals surface area contributed by atoms with Gasteiger partial charge in [-0.15, -0.1) is 0 Å². The topological polar surface area (TPSA) is 32.3 Å². The van der Waals surface area contributed by atoms with Crippen LogP contribution in [0.2, 0.25) is 0 Å². The monoisotopic (exact) mass is 290 g/mol. The van der Waals surface area contributed by atoms with Gasteiger partial charge in [-0.25, -0.2) is 0 Å². The number of carbonyl (C=O) groups excluding carboxylic acids is 1. The molecule has 1 N–H and O–H groups in total. The highest BCUT2D eigenvalue weighted by Crippen LogP contribution is 2.22. The van der Waals surface area contributed by atoms with E-state index in [0.29, 0.717) is 12.6 Å². The summed E-state index contributed by atoms with van der Waals surface area (Å²) in [4.78, 5) is 14.5. The van der Waals surface area contributed by atoms with Crippen molar-refractivity contribution in [2.75, 3.05) is 19.6 Å².